The van der Waals surface area contributed by atoms with E-state index in [9.17, 15) is 4.79 Å². The molecule has 1 amide bonds. The molecule has 0 saturated carbocycles. The quantitative estimate of drug-likeness (QED) is 0.846. The summed E-state index contributed by atoms with van der Waals surface area (Å²) in [6.45, 7) is 7.48. The third kappa shape index (κ3) is 3.83. The van der Waals surface area contributed by atoms with E-state index in [1.807, 2.05) is 24.3 Å². The lowest BCUT2D eigenvalue weighted by Gasteiger charge is -2.26. The zero-order valence-electron chi connectivity index (χ0n) is 13.2. The number of likely N-dealkylation sites (tertiary alicyclic amines) is 1. The molecule has 116 valence electrons. The minimum Gasteiger partial charge on any atom is -0.326 e. The van der Waals surface area contributed by atoms with Crippen LogP contribution >= 0.6 is 0 Å². The fourth-order valence-electron chi connectivity index (χ4n) is 3.20. The summed E-state index contributed by atoms with van der Waals surface area (Å²) in [5, 5.41) is 2.99. The molecule has 21 heavy (non-hydrogen) atoms. The first kappa shape index (κ1) is 16.0. The molecule has 1 aromatic carbocycles. The third-order valence-corrected chi connectivity index (χ3v) is 4.90. The average Bonchev–Trinajstić information content (AvgIpc) is 2.91. The average molecular weight is 289 g/mol. The molecule has 1 fully saturated rings. The molecule has 1 aliphatic heterocycles. The second-order valence-electron chi connectivity index (χ2n) is 6.08. The lowest BCUT2D eigenvalue weighted by molar-refractivity contribution is -0.117. The summed E-state index contributed by atoms with van der Waals surface area (Å²) in [6, 6.07) is 7.72. The summed E-state index contributed by atoms with van der Waals surface area (Å²) in [5.41, 5.74) is 7.92. The number of nitrogens with one attached hydrogen (secondary N) is 1. The van der Waals surface area contributed by atoms with Crippen molar-refractivity contribution in [1.82, 2.24) is 4.90 Å². The van der Waals surface area contributed by atoms with Gasteiger partial charge >= 0.3 is 0 Å². The Balaban J connectivity index is 1.91. The SMILES string of the molecule is CCC1(CC)CCN(CC(=O)Nc2ccccc2CN)C1. The van der Waals surface area contributed by atoms with Crippen molar-refractivity contribution < 1.29 is 4.79 Å². The molecule has 0 aromatic heterocycles. The highest BCUT2D eigenvalue weighted by atomic mass is 16.2. The molecule has 1 aromatic rings. The molecule has 1 aliphatic rings. The van der Waals surface area contributed by atoms with Crippen molar-refractivity contribution >= 4 is 11.6 Å². The zero-order chi connectivity index (χ0) is 15.3. The van der Waals surface area contributed by atoms with Crippen LogP contribution in [0.4, 0.5) is 5.69 Å². The van der Waals surface area contributed by atoms with Crippen molar-refractivity contribution in [3.8, 4) is 0 Å². The van der Waals surface area contributed by atoms with Crippen LogP contribution in [0.2, 0.25) is 0 Å². The van der Waals surface area contributed by atoms with E-state index in [2.05, 4.69) is 24.1 Å². The first-order valence-corrected chi connectivity index (χ1v) is 7.92. The van der Waals surface area contributed by atoms with Crippen LogP contribution in [0, 0.1) is 5.41 Å². The van der Waals surface area contributed by atoms with Gasteiger partial charge in [0.2, 0.25) is 5.91 Å². The van der Waals surface area contributed by atoms with Crippen molar-refractivity contribution in [2.24, 2.45) is 11.1 Å². The number of hydrogen-bond donors (Lipinski definition) is 2. The fourth-order valence-corrected chi connectivity index (χ4v) is 3.20. The van der Waals surface area contributed by atoms with E-state index in [4.69, 9.17) is 5.73 Å². The third-order valence-electron chi connectivity index (χ3n) is 4.90. The highest BCUT2D eigenvalue weighted by Gasteiger charge is 2.35. The van der Waals surface area contributed by atoms with Crippen LogP contribution in [-0.4, -0.2) is 30.4 Å². The molecule has 1 heterocycles. The van der Waals surface area contributed by atoms with Gasteiger partial charge in [-0.15, -0.1) is 0 Å². The van der Waals surface area contributed by atoms with Gasteiger partial charge in [-0.25, -0.2) is 0 Å². The van der Waals surface area contributed by atoms with Gasteiger partial charge in [-0.2, -0.15) is 0 Å². The number of benzene rings is 1. The highest BCUT2D eigenvalue weighted by Crippen LogP contribution is 2.36. The monoisotopic (exact) mass is 289 g/mol. The maximum atomic E-state index is 12.2. The normalized spacial score (nSPS) is 17.9. The molecule has 0 unspecified atom stereocenters. The fraction of sp³-hybridized carbons (Fsp3) is 0.588. The van der Waals surface area contributed by atoms with Crippen LogP contribution in [0.25, 0.3) is 0 Å². The Kier molecular flexibility index (Phi) is 5.37. The van der Waals surface area contributed by atoms with Gasteiger partial charge in [0.25, 0.3) is 0 Å². The number of para-hydroxylation sites is 1. The Morgan fingerprint density at radius 3 is 2.67 bits per heavy atom. The van der Waals surface area contributed by atoms with Crippen LogP contribution < -0.4 is 11.1 Å². The second kappa shape index (κ2) is 7.05. The maximum Gasteiger partial charge on any atom is 0.238 e. The van der Waals surface area contributed by atoms with Gasteiger partial charge in [-0.3, -0.25) is 9.69 Å². The van der Waals surface area contributed by atoms with E-state index < -0.39 is 0 Å². The standard InChI is InChI=1S/C17H27N3O/c1-3-17(4-2)9-10-20(13-17)12-16(21)19-15-8-6-5-7-14(15)11-18/h5-8H,3-4,9-13,18H2,1-2H3,(H,19,21). The predicted octanol–water partition coefficient (Wildman–Crippen LogP) is 2.60. The number of amides is 1. The van der Waals surface area contributed by atoms with E-state index in [0.717, 1.165) is 24.3 Å². The summed E-state index contributed by atoms with van der Waals surface area (Å²) in [4.78, 5) is 14.5. The number of hydrogen-bond acceptors (Lipinski definition) is 3. The molecule has 4 nitrogen and oxygen atoms in total. The van der Waals surface area contributed by atoms with Crippen molar-refractivity contribution in [3.05, 3.63) is 29.8 Å². The van der Waals surface area contributed by atoms with Crippen molar-refractivity contribution in [3.63, 3.8) is 0 Å². The number of carbonyl (C=O) groups is 1. The lowest BCUT2D eigenvalue weighted by atomic mass is 9.82. The van der Waals surface area contributed by atoms with Crippen molar-refractivity contribution in [1.29, 1.82) is 0 Å². The van der Waals surface area contributed by atoms with Crippen LogP contribution in [0.1, 0.15) is 38.7 Å². The van der Waals surface area contributed by atoms with E-state index >= 15 is 0 Å². The number of rotatable bonds is 6. The zero-order valence-corrected chi connectivity index (χ0v) is 13.2. The Bertz CT molecular complexity index is 483. The molecule has 0 spiro atoms. The molecule has 1 saturated heterocycles. The Morgan fingerprint density at radius 1 is 1.33 bits per heavy atom. The van der Waals surface area contributed by atoms with E-state index in [1.54, 1.807) is 0 Å². The molecule has 0 atom stereocenters. The Morgan fingerprint density at radius 2 is 2.05 bits per heavy atom. The first-order chi connectivity index (χ1) is 10.1. The molecular weight excluding hydrogens is 262 g/mol. The number of carbonyl (C=O) groups excluding carboxylic acids is 1. The van der Waals surface area contributed by atoms with Gasteiger partial charge < -0.3 is 11.1 Å². The molecular formula is C17H27N3O. The number of nitrogens with two attached hydrogens (primary N) is 1. The minimum absolute atomic E-state index is 0.0545. The summed E-state index contributed by atoms with van der Waals surface area (Å²) in [5.74, 6) is 0.0545. The first-order valence-electron chi connectivity index (χ1n) is 7.92. The molecule has 0 radical (unpaired) electrons. The van der Waals surface area contributed by atoms with Crippen LogP contribution in [-0.2, 0) is 11.3 Å². The Hall–Kier alpha value is -1.39. The lowest BCUT2D eigenvalue weighted by Crippen LogP contribution is -2.33. The smallest absolute Gasteiger partial charge is 0.238 e. The molecule has 3 N–H and O–H groups in total. The summed E-state index contributed by atoms with van der Waals surface area (Å²) < 4.78 is 0. The summed E-state index contributed by atoms with van der Waals surface area (Å²) in [7, 11) is 0. The van der Waals surface area contributed by atoms with Gasteiger partial charge in [0.15, 0.2) is 0 Å². The van der Waals surface area contributed by atoms with Crippen molar-refractivity contribution in [2.75, 3.05) is 25.0 Å². The largest absolute Gasteiger partial charge is 0.326 e. The van der Waals surface area contributed by atoms with Crippen LogP contribution in [0.5, 0.6) is 0 Å². The Labute approximate surface area is 127 Å². The highest BCUT2D eigenvalue weighted by molar-refractivity contribution is 5.93. The molecule has 2 rings (SSSR count). The van der Waals surface area contributed by atoms with E-state index in [1.165, 1.54) is 19.3 Å². The number of nitrogens with zero attached hydrogens (tertiary/aromatic N) is 1. The van der Waals surface area contributed by atoms with Crippen LogP contribution in [0.3, 0.4) is 0 Å². The predicted molar refractivity (Wildman–Crippen MR) is 87.0 cm³/mol. The van der Waals surface area contributed by atoms with Gasteiger partial charge in [0.1, 0.15) is 0 Å². The van der Waals surface area contributed by atoms with Gasteiger partial charge in [0.05, 0.1) is 6.54 Å². The molecule has 4 heteroatoms. The minimum atomic E-state index is 0.0545. The topological polar surface area (TPSA) is 58.4 Å². The summed E-state index contributed by atoms with van der Waals surface area (Å²) >= 11 is 0. The maximum absolute atomic E-state index is 12.2. The van der Waals surface area contributed by atoms with E-state index in [0.29, 0.717) is 18.5 Å². The van der Waals surface area contributed by atoms with Gasteiger partial charge in [0, 0.05) is 18.8 Å². The van der Waals surface area contributed by atoms with E-state index in [-0.39, 0.29) is 5.91 Å². The molecule has 0 bridgehead atoms. The van der Waals surface area contributed by atoms with Crippen LogP contribution in [0.15, 0.2) is 24.3 Å². The second-order valence-corrected chi connectivity index (χ2v) is 6.08. The number of anilines is 1. The summed E-state index contributed by atoms with van der Waals surface area (Å²) in [6.07, 6.45) is 3.59. The van der Waals surface area contributed by atoms with Gasteiger partial charge in [-0.1, -0.05) is 32.0 Å². The molecule has 0 aliphatic carbocycles. The van der Waals surface area contributed by atoms with Crippen molar-refractivity contribution in [2.45, 2.75) is 39.7 Å². The van der Waals surface area contributed by atoms with Gasteiger partial charge in [-0.05, 0) is 42.9 Å².